The Kier molecular flexibility index (Phi) is 12.9. The van der Waals surface area contributed by atoms with Crippen molar-refractivity contribution in [1.82, 2.24) is 10.3 Å². The van der Waals surface area contributed by atoms with Gasteiger partial charge < -0.3 is 15.3 Å². The van der Waals surface area contributed by atoms with Crippen molar-refractivity contribution in [2.75, 3.05) is 59.8 Å². The second-order valence-corrected chi connectivity index (χ2v) is 3.43. The summed E-state index contributed by atoms with van der Waals surface area (Å²) in [6.07, 6.45) is 0.707. The van der Waals surface area contributed by atoms with Gasteiger partial charge in [0, 0.05) is 13.6 Å². The van der Waals surface area contributed by atoms with Gasteiger partial charge in [0.15, 0.2) is 0 Å². The predicted molar refractivity (Wildman–Crippen MR) is 63.1 cm³/mol. The van der Waals surface area contributed by atoms with Crippen LogP contribution in [0.15, 0.2) is 0 Å². The van der Waals surface area contributed by atoms with Crippen molar-refractivity contribution in [3.8, 4) is 0 Å². The van der Waals surface area contributed by atoms with Gasteiger partial charge in [0.2, 0.25) is 0 Å². The fourth-order valence-corrected chi connectivity index (χ4v) is 1.14. The Morgan fingerprint density at radius 1 is 0.778 bits per heavy atom. The van der Waals surface area contributed by atoms with Gasteiger partial charge in [-0.05, 0) is 6.42 Å². The van der Waals surface area contributed by atoms with E-state index in [9.17, 15) is 0 Å². The van der Waals surface area contributed by atoms with Gasteiger partial charge in [0.05, 0.1) is 46.2 Å². The Balaban J connectivity index is 3.65. The first-order valence-electron chi connectivity index (χ1n) is 5.94. The summed E-state index contributed by atoms with van der Waals surface area (Å²) in [6, 6.07) is 0. The topological polar surface area (TPSA) is 94.9 Å². The second-order valence-electron chi connectivity index (χ2n) is 3.43. The standard InChI is InChI=1S/C10H24N2O6/c1-11(16-8-5-13)3-2-4-12(17-9-6-14)18-10-7-15/h13-15H,2-10H2,1H3. The summed E-state index contributed by atoms with van der Waals surface area (Å²) in [5.41, 5.74) is 0. The fraction of sp³-hybridized carbons (Fsp3) is 1.00. The molecule has 0 aromatic rings. The van der Waals surface area contributed by atoms with Crippen LogP contribution in [0, 0.1) is 0 Å². The Labute approximate surface area is 107 Å². The lowest BCUT2D eigenvalue weighted by molar-refractivity contribution is -0.372. The van der Waals surface area contributed by atoms with E-state index in [2.05, 4.69) is 0 Å². The highest BCUT2D eigenvalue weighted by molar-refractivity contribution is 4.43. The predicted octanol–water partition coefficient (Wildman–Crippen LogP) is -1.62. The number of hydrogen-bond acceptors (Lipinski definition) is 8. The Morgan fingerprint density at radius 2 is 1.28 bits per heavy atom. The molecule has 0 saturated carbocycles. The molecule has 0 amide bonds. The number of aliphatic hydroxyl groups is 3. The lowest BCUT2D eigenvalue weighted by Gasteiger charge is -2.21. The normalized spacial score (nSPS) is 11.7. The largest absolute Gasteiger partial charge is 0.394 e. The maximum atomic E-state index is 8.64. The molecule has 0 aliphatic heterocycles. The van der Waals surface area contributed by atoms with Crippen LogP contribution < -0.4 is 0 Å². The molecule has 110 valence electrons. The Morgan fingerprint density at radius 3 is 1.78 bits per heavy atom. The van der Waals surface area contributed by atoms with E-state index in [1.54, 1.807) is 12.1 Å². The number of aliphatic hydroxyl groups excluding tert-OH is 3. The maximum Gasteiger partial charge on any atom is 0.0942 e. The van der Waals surface area contributed by atoms with E-state index < -0.39 is 0 Å². The van der Waals surface area contributed by atoms with Gasteiger partial charge in [-0.1, -0.05) is 5.23 Å². The maximum absolute atomic E-state index is 8.64. The summed E-state index contributed by atoms with van der Waals surface area (Å²) in [5, 5.41) is 28.7. The van der Waals surface area contributed by atoms with Crippen molar-refractivity contribution >= 4 is 0 Å². The van der Waals surface area contributed by atoms with E-state index in [4.69, 9.17) is 29.8 Å². The molecule has 0 aliphatic rings. The van der Waals surface area contributed by atoms with E-state index in [-0.39, 0.29) is 39.6 Å². The number of nitrogens with zero attached hydrogens (tertiary/aromatic N) is 2. The zero-order valence-electron chi connectivity index (χ0n) is 10.8. The lowest BCUT2D eigenvalue weighted by atomic mass is 10.4. The van der Waals surface area contributed by atoms with Crippen LogP contribution >= 0.6 is 0 Å². The van der Waals surface area contributed by atoms with Crippen molar-refractivity contribution in [3.63, 3.8) is 0 Å². The highest BCUT2D eigenvalue weighted by Gasteiger charge is 2.07. The number of hydroxylamine groups is 4. The van der Waals surface area contributed by atoms with Crippen LogP contribution in [0.1, 0.15) is 6.42 Å². The molecule has 0 saturated heterocycles. The van der Waals surface area contributed by atoms with Crippen molar-refractivity contribution in [3.05, 3.63) is 0 Å². The number of hydrogen-bond donors (Lipinski definition) is 3. The van der Waals surface area contributed by atoms with E-state index in [0.29, 0.717) is 19.5 Å². The zero-order chi connectivity index (χ0) is 13.6. The first-order chi connectivity index (χ1) is 8.74. The molecule has 3 N–H and O–H groups in total. The molecule has 0 aromatic heterocycles. The van der Waals surface area contributed by atoms with Gasteiger partial charge in [0.25, 0.3) is 0 Å². The monoisotopic (exact) mass is 268 g/mol. The second kappa shape index (κ2) is 13.1. The first kappa shape index (κ1) is 17.7. The highest BCUT2D eigenvalue weighted by atomic mass is 16.9. The van der Waals surface area contributed by atoms with Gasteiger partial charge in [0.1, 0.15) is 0 Å². The molecule has 18 heavy (non-hydrogen) atoms. The summed E-state index contributed by atoms with van der Waals surface area (Å²) in [6.45, 7) is 1.45. The first-order valence-corrected chi connectivity index (χ1v) is 5.94. The van der Waals surface area contributed by atoms with Crippen LogP contribution in [-0.4, -0.2) is 85.4 Å². The fourth-order valence-electron chi connectivity index (χ4n) is 1.14. The summed E-state index contributed by atoms with van der Waals surface area (Å²) in [7, 11) is 1.77. The third-order valence-corrected chi connectivity index (χ3v) is 1.87. The molecule has 0 unspecified atom stereocenters. The van der Waals surface area contributed by atoms with Gasteiger partial charge in [-0.2, -0.15) is 5.06 Å². The molecule has 0 aromatic carbocycles. The average molecular weight is 268 g/mol. The van der Waals surface area contributed by atoms with Gasteiger partial charge in [-0.3, -0.25) is 14.5 Å². The summed E-state index contributed by atoms with van der Waals surface area (Å²) >= 11 is 0. The van der Waals surface area contributed by atoms with Gasteiger partial charge >= 0.3 is 0 Å². The molecular formula is C10H24N2O6. The molecule has 0 rings (SSSR count). The van der Waals surface area contributed by atoms with Gasteiger partial charge in [-0.15, -0.1) is 0 Å². The average Bonchev–Trinajstić information content (AvgIpc) is 2.38. The molecule has 8 nitrogen and oxygen atoms in total. The van der Waals surface area contributed by atoms with Crippen molar-refractivity contribution in [1.29, 1.82) is 0 Å². The molecule has 0 heterocycles. The SMILES string of the molecule is CN(CCCN(OCCO)OCCO)OCCO. The molecule has 0 spiro atoms. The highest BCUT2D eigenvalue weighted by Crippen LogP contribution is 1.97. The third kappa shape index (κ3) is 10.8. The minimum absolute atomic E-state index is 0.0182. The molecule has 0 atom stereocenters. The summed E-state index contributed by atoms with van der Waals surface area (Å²) < 4.78 is 0. The third-order valence-electron chi connectivity index (χ3n) is 1.87. The van der Waals surface area contributed by atoms with Crippen LogP contribution in [-0.2, 0) is 14.5 Å². The van der Waals surface area contributed by atoms with Gasteiger partial charge in [-0.25, -0.2) is 0 Å². The zero-order valence-corrected chi connectivity index (χ0v) is 10.8. The van der Waals surface area contributed by atoms with E-state index >= 15 is 0 Å². The molecule has 0 fully saturated rings. The molecule has 0 radical (unpaired) electrons. The minimum atomic E-state index is -0.0987. The molecular weight excluding hydrogens is 244 g/mol. The Hall–Kier alpha value is -0.320. The molecule has 0 bridgehead atoms. The van der Waals surface area contributed by atoms with Crippen LogP contribution in [0.3, 0.4) is 0 Å². The smallest absolute Gasteiger partial charge is 0.0942 e. The molecule has 0 aliphatic carbocycles. The van der Waals surface area contributed by atoms with Crippen LogP contribution in [0.2, 0.25) is 0 Å². The van der Waals surface area contributed by atoms with E-state index in [1.807, 2.05) is 0 Å². The minimum Gasteiger partial charge on any atom is -0.394 e. The summed E-state index contributed by atoms with van der Waals surface area (Å²) in [5.74, 6) is 0. The van der Waals surface area contributed by atoms with Crippen LogP contribution in [0.25, 0.3) is 0 Å². The lowest BCUT2D eigenvalue weighted by Crippen LogP contribution is -2.31. The van der Waals surface area contributed by atoms with Crippen LogP contribution in [0.5, 0.6) is 0 Å². The Bertz CT molecular complexity index is 166. The molecule has 8 heteroatoms. The van der Waals surface area contributed by atoms with E-state index in [0.717, 1.165) is 0 Å². The van der Waals surface area contributed by atoms with Crippen molar-refractivity contribution in [2.45, 2.75) is 6.42 Å². The summed E-state index contributed by atoms with van der Waals surface area (Å²) in [4.78, 5) is 15.4. The quantitative estimate of drug-likeness (QED) is 0.343. The van der Waals surface area contributed by atoms with Crippen LogP contribution in [0.4, 0.5) is 0 Å². The van der Waals surface area contributed by atoms with Crippen molar-refractivity contribution in [2.24, 2.45) is 0 Å². The van der Waals surface area contributed by atoms with Crippen molar-refractivity contribution < 1.29 is 29.8 Å². The number of rotatable bonds is 13. The van der Waals surface area contributed by atoms with E-state index in [1.165, 1.54) is 5.23 Å².